The third-order valence-corrected chi connectivity index (χ3v) is 3.34. The molecule has 1 amide bonds. The van der Waals surface area contributed by atoms with E-state index in [1.165, 1.54) is 6.33 Å². The third kappa shape index (κ3) is 6.40. The first-order valence-corrected chi connectivity index (χ1v) is 7.16. The van der Waals surface area contributed by atoms with Gasteiger partial charge in [-0.05, 0) is 19.8 Å². The minimum absolute atomic E-state index is 0.118. The van der Waals surface area contributed by atoms with E-state index in [4.69, 9.17) is 5.73 Å². The molecule has 21 heavy (non-hydrogen) atoms. The van der Waals surface area contributed by atoms with Crippen LogP contribution in [-0.2, 0) is 16.0 Å². The second-order valence-electron chi connectivity index (χ2n) is 5.49. The molecule has 118 valence electrons. The molecule has 1 rings (SSSR count). The largest absolute Gasteiger partial charge is 0.480 e. The number of aliphatic carboxylic acids is 1. The van der Waals surface area contributed by atoms with Crippen molar-refractivity contribution in [3.05, 3.63) is 18.2 Å². The number of aromatic amines is 1. The van der Waals surface area contributed by atoms with Crippen molar-refractivity contribution in [3.63, 3.8) is 0 Å². The minimum atomic E-state index is -1.05. The van der Waals surface area contributed by atoms with Crippen molar-refractivity contribution in [2.24, 2.45) is 11.7 Å². The molecule has 5 N–H and O–H groups in total. The van der Waals surface area contributed by atoms with E-state index in [0.29, 0.717) is 12.1 Å². The van der Waals surface area contributed by atoms with Gasteiger partial charge in [0.25, 0.3) is 0 Å². The Balaban J connectivity index is 2.46. The minimum Gasteiger partial charge on any atom is -0.480 e. The van der Waals surface area contributed by atoms with E-state index < -0.39 is 12.0 Å². The van der Waals surface area contributed by atoms with Crippen molar-refractivity contribution < 1.29 is 14.7 Å². The van der Waals surface area contributed by atoms with Gasteiger partial charge in [-0.25, -0.2) is 9.78 Å². The summed E-state index contributed by atoms with van der Waals surface area (Å²) in [5.74, 6) is -1.53. The highest BCUT2D eigenvalue weighted by atomic mass is 16.4. The van der Waals surface area contributed by atoms with Crippen LogP contribution in [0, 0.1) is 5.92 Å². The molecule has 2 unspecified atom stereocenters. The van der Waals surface area contributed by atoms with Gasteiger partial charge in [-0.1, -0.05) is 13.3 Å². The Morgan fingerprint density at radius 1 is 1.43 bits per heavy atom. The number of carboxylic acid groups (broad SMARTS) is 1. The number of H-pyrrole nitrogens is 1. The van der Waals surface area contributed by atoms with Crippen LogP contribution in [-0.4, -0.2) is 39.0 Å². The zero-order chi connectivity index (χ0) is 15.8. The molecule has 1 heterocycles. The molecule has 0 saturated heterocycles. The summed E-state index contributed by atoms with van der Waals surface area (Å²) in [4.78, 5) is 29.9. The Morgan fingerprint density at radius 2 is 2.14 bits per heavy atom. The van der Waals surface area contributed by atoms with Crippen LogP contribution in [0.2, 0.25) is 0 Å². The van der Waals surface area contributed by atoms with Crippen molar-refractivity contribution in [2.45, 2.75) is 51.6 Å². The zero-order valence-corrected chi connectivity index (χ0v) is 12.5. The maximum absolute atomic E-state index is 12.0. The number of hydrogen-bond donors (Lipinski definition) is 4. The SMILES string of the molecule is CC(N)CCCC(C)C(=O)N[C@H](Cc1cnc[nH]1)C(=O)O. The lowest BCUT2D eigenvalue weighted by molar-refractivity contribution is -0.142. The number of carbonyl (C=O) groups is 2. The molecule has 0 aliphatic carbocycles. The smallest absolute Gasteiger partial charge is 0.326 e. The second-order valence-corrected chi connectivity index (χ2v) is 5.49. The molecule has 1 aromatic heterocycles. The summed E-state index contributed by atoms with van der Waals surface area (Å²) in [6.07, 6.45) is 5.62. The standard InChI is InChI=1S/C14H24N4O3/c1-9(4-3-5-10(2)15)13(19)18-12(14(20)21)6-11-7-16-8-17-11/h7-10,12H,3-6,15H2,1-2H3,(H,16,17)(H,18,19)(H,20,21)/t9?,10?,12-/m1/s1. The highest BCUT2D eigenvalue weighted by Gasteiger charge is 2.23. The number of aromatic nitrogens is 2. The fraction of sp³-hybridized carbons (Fsp3) is 0.643. The van der Waals surface area contributed by atoms with Gasteiger partial charge in [0.15, 0.2) is 0 Å². The molecule has 0 radical (unpaired) electrons. The Morgan fingerprint density at radius 3 is 2.67 bits per heavy atom. The summed E-state index contributed by atoms with van der Waals surface area (Å²) in [5, 5.41) is 11.8. The average molecular weight is 296 g/mol. The maximum Gasteiger partial charge on any atom is 0.326 e. The Labute approximate surface area is 124 Å². The van der Waals surface area contributed by atoms with Gasteiger partial charge in [-0.2, -0.15) is 0 Å². The van der Waals surface area contributed by atoms with Crippen molar-refractivity contribution >= 4 is 11.9 Å². The highest BCUT2D eigenvalue weighted by molar-refractivity contribution is 5.84. The van der Waals surface area contributed by atoms with Crippen LogP contribution in [0.4, 0.5) is 0 Å². The number of amides is 1. The van der Waals surface area contributed by atoms with Gasteiger partial charge in [0.05, 0.1) is 6.33 Å². The summed E-state index contributed by atoms with van der Waals surface area (Å²) >= 11 is 0. The molecule has 0 aliphatic rings. The lowest BCUT2D eigenvalue weighted by Crippen LogP contribution is -2.44. The molecule has 0 saturated carbocycles. The number of carbonyl (C=O) groups excluding carboxylic acids is 1. The summed E-state index contributed by atoms with van der Waals surface area (Å²) < 4.78 is 0. The molecule has 0 bridgehead atoms. The van der Waals surface area contributed by atoms with Crippen molar-refractivity contribution in [2.75, 3.05) is 0 Å². The number of carboxylic acids is 1. The van der Waals surface area contributed by atoms with Crippen molar-refractivity contribution in [1.29, 1.82) is 0 Å². The van der Waals surface area contributed by atoms with E-state index in [2.05, 4.69) is 15.3 Å². The highest BCUT2D eigenvalue weighted by Crippen LogP contribution is 2.10. The number of nitrogens with one attached hydrogen (secondary N) is 2. The maximum atomic E-state index is 12.0. The molecular weight excluding hydrogens is 272 g/mol. The average Bonchev–Trinajstić information content (AvgIpc) is 2.90. The van der Waals surface area contributed by atoms with Gasteiger partial charge in [0.1, 0.15) is 6.04 Å². The number of nitrogens with two attached hydrogens (primary N) is 1. The van der Waals surface area contributed by atoms with Gasteiger partial charge in [-0.3, -0.25) is 4.79 Å². The summed E-state index contributed by atoms with van der Waals surface area (Å²) in [5.41, 5.74) is 6.34. The number of imidazole rings is 1. The van der Waals surface area contributed by atoms with Gasteiger partial charge < -0.3 is 21.1 Å². The van der Waals surface area contributed by atoms with E-state index in [0.717, 1.165) is 12.8 Å². The van der Waals surface area contributed by atoms with Crippen LogP contribution in [0.25, 0.3) is 0 Å². The fourth-order valence-corrected chi connectivity index (χ4v) is 2.01. The Hall–Kier alpha value is -1.89. The third-order valence-electron chi connectivity index (χ3n) is 3.34. The monoisotopic (exact) mass is 296 g/mol. The summed E-state index contributed by atoms with van der Waals surface area (Å²) in [7, 11) is 0. The molecule has 0 fully saturated rings. The lowest BCUT2D eigenvalue weighted by atomic mass is 10.0. The Kier molecular flexibility index (Phi) is 6.87. The van der Waals surface area contributed by atoms with Crippen LogP contribution >= 0.6 is 0 Å². The van der Waals surface area contributed by atoms with Crippen LogP contribution in [0.5, 0.6) is 0 Å². The number of hydrogen-bond acceptors (Lipinski definition) is 4. The van der Waals surface area contributed by atoms with Gasteiger partial charge >= 0.3 is 5.97 Å². The molecule has 0 aliphatic heterocycles. The number of nitrogens with zero attached hydrogens (tertiary/aromatic N) is 1. The normalized spacial score (nSPS) is 15.2. The topological polar surface area (TPSA) is 121 Å². The molecular formula is C14H24N4O3. The van der Waals surface area contributed by atoms with Gasteiger partial charge in [-0.15, -0.1) is 0 Å². The van der Waals surface area contributed by atoms with Gasteiger partial charge in [0.2, 0.25) is 5.91 Å². The quantitative estimate of drug-likeness (QED) is 0.534. The van der Waals surface area contributed by atoms with Gasteiger partial charge in [0, 0.05) is 30.3 Å². The first kappa shape index (κ1) is 17.2. The number of rotatable bonds is 9. The van der Waals surface area contributed by atoms with E-state index in [9.17, 15) is 14.7 Å². The zero-order valence-electron chi connectivity index (χ0n) is 12.5. The van der Waals surface area contributed by atoms with Crippen LogP contribution in [0.15, 0.2) is 12.5 Å². The van der Waals surface area contributed by atoms with Crippen molar-refractivity contribution in [1.82, 2.24) is 15.3 Å². The first-order chi connectivity index (χ1) is 9.90. The predicted octanol–water partition coefficient (Wildman–Crippen LogP) is 0.675. The van der Waals surface area contributed by atoms with E-state index >= 15 is 0 Å². The summed E-state index contributed by atoms with van der Waals surface area (Å²) in [6, 6.07) is -0.832. The van der Waals surface area contributed by atoms with E-state index in [1.807, 2.05) is 6.92 Å². The molecule has 0 spiro atoms. The predicted molar refractivity (Wildman–Crippen MR) is 78.5 cm³/mol. The lowest BCUT2D eigenvalue weighted by Gasteiger charge is -2.17. The summed E-state index contributed by atoms with van der Waals surface area (Å²) in [6.45, 7) is 3.72. The van der Waals surface area contributed by atoms with E-state index in [1.54, 1.807) is 13.1 Å². The molecule has 0 aromatic carbocycles. The molecule has 7 heteroatoms. The molecule has 1 aromatic rings. The van der Waals surface area contributed by atoms with Crippen LogP contribution in [0.1, 0.15) is 38.8 Å². The molecule has 7 nitrogen and oxygen atoms in total. The van der Waals surface area contributed by atoms with E-state index in [-0.39, 0.29) is 24.3 Å². The fourth-order valence-electron chi connectivity index (χ4n) is 2.01. The molecule has 3 atom stereocenters. The second kappa shape index (κ2) is 8.41. The van der Waals surface area contributed by atoms with Crippen LogP contribution in [0.3, 0.4) is 0 Å². The van der Waals surface area contributed by atoms with Crippen LogP contribution < -0.4 is 11.1 Å². The van der Waals surface area contributed by atoms with Crippen molar-refractivity contribution in [3.8, 4) is 0 Å². The Bertz CT molecular complexity index is 445. The first-order valence-electron chi connectivity index (χ1n) is 7.16.